The molecule has 29 heavy (non-hydrogen) atoms. The van der Waals surface area contributed by atoms with Crippen LogP contribution in [0.1, 0.15) is 17.1 Å². The molecule has 0 unspecified atom stereocenters. The lowest BCUT2D eigenvalue weighted by Gasteiger charge is -2.14. The molecule has 0 fully saturated rings. The molecule has 0 aliphatic rings. The molecule has 146 valence electrons. The van der Waals surface area contributed by atoms with Crippen LogP contribution in [0.3, 0.4) is 0 Å². The van der Waals surface area contributed by atoms with Gasteiger partial charge in [0.05, 0.1) is 25.0 Å². The van der Waals surface area contributed by atoms with Crippen molar-refractivity contribution in [3.63, 3.8) is 0 Å². The van der Waals surface area contributed by atoms with Crippen LogP contribution in [0.25, 0.3) is 11.1 Å². The summed E-state index contributed by atoms with van der Waals surface area (Å²) in [5.41, 5.74) is 12.3. The minimum absolute atomic E-state index is 0.245. The molecule has 0 saturated heterocycles. The Bertz CT molecular complexity index is 1100. The highest BCUT2D eigenvalue weighted by molar-refractivity contribution is 5.69. The summed E-state index contributed by atoms with van der Waals surface area (Å²) in [6, 6.07) is 22.7. The molecule has 5 heteroatoms. The Morgan fingerprint density at radius 3 is 2.45 bits per heavy atom. The Labute approximate surface area is 169 Å². The number of nitrogens with two attached hydrogens (primary N) is 1. The van der Waals surface area contributed by atoms with Crippen LogP contribution >= 0.6 is 0 Å². The standard InChI is InChI=1S/C24H23FN4/c1-17-27-14-23(15-28-22-11-9-21(25)10-12-22)29(17)16-20-8-7-19(13-24(20)26)18-5-3-2-4-6-18/h2-14,28H,15-16,26H2,1H3. The largest absolute Gasteiger partial charge is 0.398 e. The fourth-order valence-corrected chi connectivity index (χ4v) is 3.35. The van der Waals surface area contributed by atoms with E-state index in [1.54, 1.807) is 12.1 Å². The molecule has 0 saturated carbocycles. The number of aromatic nitrogens is 2. The van der Waals surface area contributed by atoms with Crippen molar-refractivity contribution >= 4 is 11.4 Å². The van der Waals surface area contributed by atoms with Gasteiger partial charge in [0.25, 0.3) is 0 Å². The Hall–Kier alpha value is -3.60. The van der Waals surface area contributed by atoms with Gasteiger partial charge in [0.15, 0.2) is 0 Å². The highest BCUT2D eigenvalue weighted by Gasteiger charge is 2.10. The first-order valence-electron chi connectivity index (χ1n) is 9.54. The zero-order valence-corrected chi connectivity index (χ0v) is 16.3. The fourth-order valence-electron chi connectivity index (χ4n) is 3.35. The monoisotopic (exact) mass is 386 g/mol. The van der Waals surface area contributed by atoms with Crippen molar-refractivity contribution in [2.24, 2.45) is 0 Å². The summed E-state index contributed by atoms with van der Waals surface area (Å²) >= 11 is 0. The van der Waals surface area contributed by atoms with Gasteiger partial charge in [-0.1, -0.05) is 42.5 Å². The molecule has 0 radical (unpaired) electrons. The fraction of sp³-hybridized carbons (Fsp3) is 0.125. The molecular formula is C24H23FN4. The minimum atomic E-state index is -0.245. The summed E-state index contributed by atoms with van der Waals surface area (Å²) in [4.78, 5) is 4.46. The molecule has 4 rings (SSSR count). The summed E-state index contributed by atoms with van der Waals surface area (Å²) in [5.74, 6) is 0.679. The first-order chi connectivity index (χ1) is 14.1. The number of anilines is 2. The topological polar surface area (TPSA) is 55.9 Å². The Morgan fingerprint density at radius 1 is 0.966 bits per heavy atom. The average Bonchev–Trinajstić information content (AvgIpc) is 3.09. The van der Waals surface area contributed by atoms with Crippen LogP contribution in [0.5, 0.6) is 0 Å². The van der Waals surface area contributed by atoms with Crippen LogP contribution in [-0.4, -0.2) is 9.55 Å². The van der Waals surface area contributed by atoms with Crippen LogP contribution in [0, 0.1) is 12.7 Å². The summed E-state index contributed by atoms with van der Waals surface area (Å²) < 4.78 is 15.2. The molecule has 4 aromatic rings. The molecule has 1 aromatic heterocycles. The third-order valence-corrected chi connectivity index (χ3v) is 5.04. The summed E-state index contributed by atoms with van der Waals surface area (Å²) in [5, 5.41) is 3.31. The van der Waals surface area contributed by atoms with E-state index in [-0.39, 0.29) is 5.82 Å². The lowest BCUT2D eigenvalue weighted by atomic mass is 10.0. The average molecular weight is 386 g/mol. The number of hydrogen-bond donors (Lipinski definition) is 2. The number of aryl methyl sites for hydroxylation is 1. The predicted octanol–water partition coefficient (Wildman–Crippen LogP) is 5.24. The van der Waals surface area contributed by atoms with E-state index < -0.39 is 0 Å². The maximum atomic E-state index is 13.1. The molecule has 3 aromatic carbocycles. The molecular weight excluding hydrogens is 363 g/mol. The highest BCUT2D eigenvalue weighted by Crippen LogP contribution is 2.25. The number of nitrogens with zero attached hydrogens (tertiary/aromatic N) is 2. The van der Waals surface area contributed by atoms with E-state index in [0.29, 0.717) is 13.1 Å². The lowest BCUT2D eigenvalue weighted by Crippen LogP contribution is -2.11. The Kier molecular flexibility index (Phi) is 5.29. The second-order valence-electron chi connectivity index (χ2n) is 7.02. The van der Waals surface area contributed by atoms with E-state index in [4.69, 9.17) is 5.73 Å². The first-order valence-corrected chi connectivity index (χ1v) is 9.54. The van der Waals surface area contributed by atoms with Gasteiger partial charge in [0.2, 0.25) is 0 Å². The zero-order chi connectivity index (χ0) is 20.2. The smallest absolute Gasteiger partial charge is 0.123 e. The van der Waals surface area contributed by atoms with E-state index in [1.807, 2.05) is 37.4 Å². The van der Waals surface area contributed by atoms with Gasteiger partial charge in [-0.2, -0.15) is 0 Å². The molecule has 0 spiro atoms. The van der Waals surface area contributed by atoms with Crippen molar-refractivity contribution in [2.75, 3.05) is 11.1 Å². The molecule has 4 nitrogen and oxygen atoms in total. The van der Waals surface area contributed by atoms with Gasteiger partial charge < -0.3 is 15.6 Å². The number of nitrogens with one attached hydrogen (secondary N) is 1. The normalized spacial score (nSPS) is 10.8. The van der Waals surface area contributed by atoms with Gasteiger partial charge in [0, 0.05) is 11.4 Å². The Balaban J connectivity index is 1.52. The molecule has 0 atom stereocenters. The minimum Gasteiger partial charge on any atom is -0.398 e. The highest BCUT2D eigenvalue weighted by atomic mass is 19.1. The van der Waals surface area contributed by atoms with E-state index in [1.165, 1.54) is 12.1 Å². The number of hydrogen-bond acceptors (Lipinski definition) is 3. The molecule has 0 aliphatic carbocycles. The van der Waals surface area contributed by atoms with E-state index in [9.17, 15) is 4.39 Å². The SMILES string of the molecule is Cc1ncc(CNc2ccc(F)cc2)n1Cc1ccc(-c2ccccc2)cc1N. The van der Waals surface area contributed by atoms with Crippen molar-refractivity contribution in [3.8, 4) is 11.1 Å². The van der Waals surface area contributed by atoms with Gasteiger partial charge in [-0.3, -0.25) is 0 Å². The van der Waals surface area contributed by atoms with Crippen LogP contribution in [-0.2, 0) is 13.1 Å². The van der Waals surface area contributed by atoms with Gasteiger partial charge in [-0.25, -0.2) is 9.37 Å². The number of nitrogen functional groups attached to an aromatic ring is 1. The number of halogens is 1. The Morgan fingerprint density at radius 2 is 1.72 bits per heavy atom. The van der Waals surface area contributed by atoms with Crippen molar-refractivity contribution in [3.05, 3.63) is 102 Å². The van der Waals surface area contributed by atoms with Crippen molar-refractivity contribution in [1.82, 2.24) is 9.55 Å². The summed E-state index contributed by atoms with van der Waals surface area (Å²) in [7, 11) is 0. The van der Waals surface area contributed by atoms with Crippen molar-refractivity contribution in [2.45, 2.75) is 20.0 Å². The molecule has 0 aliphatic heterocycles. The van der Waals surface area contributed by atoms with E-state index in [0.717, 1.165) is 39.6 Å². The van der Waals surface area contributed by atoms with Crippen LogP contribution in [0.15, 0.2) is 79.0 Å². The van der Waals surface area contributed by atoms with Crippen LogP contribution < -0.4 is 11.1 Å². The third kappa shape index (κ3) is 4.29. The number of benzene rings is 3. The van der Waals surface area contributed by atoms with Crippen molar-refractivity contribution in [1.29, 1.82) is 0 Å². The molecule has 0 bridgehead atoms. The first kappa shape index (κ1) is 18.7. The number of imidazole rings is 1. The number of rotatable bonds is 6. The van der Waals surface area contributed by atoms with E-state index in [2.05, 4.69) is 39.1 Å². The van der Waals surface area contributed by atoms with Crippen LogP contribution in [0.2, 0.25) is 0 Å². The van der Waals surface area contributed by atoms with Gasteiger partial charge >= 0.3 is 0 Å². The second kappa shape index (κ2) is 8.19. The van der Waals surface area contributed by atoms with Crippen molar-refractivity contribution < 1.29 is 4.39 Å². The predicted molar refractivity (Wildman–Crippen MR) is 116 cm³/mol. The zero-order valence-electron chi connectivity index (χ0n) is 16.3. The lowest BCUT2D eigenvalue weighted by molar-refractivity contribution is 0.628. The summed E-state index contributed by atoms with van der Waals surface area (Å²) in [6.07, 6.45) is 1.86. The molecule has 3 N–H and O–H groups in total. The summed E-state index contributed by atoms with van der Waals surface area (Å²) in [6.45, 7) is 3.22. The van der Waals surface area contributed by atoms with Gasteiger partial charge in [-0.15, -0.1) is 0 Å². The van der Waals surface area contributed by atoms with E-state index >= 15 is 0 Å². The molecule has 1 heterocycles. The quantitative estimate of drug-likeness (QED) is 0.446. The van der Waals surface area contributed by atoms with Gasteiger partial charge in [0.1, 0.15) is 11.6 Å². The maximum Gasteiger partial charge on any atom is 0.123 e. The van der Waals surface area contributed by atoms with Gasteiger partial charge in [-0.05, 0) is 53.9 Å². The van der Waals surface area contributed by atoms with Crippen LogP contribution in [0.4, 0.5) is 15.8 Å². The molecule has 0 amide bonds. The maximum absolute atomic E-state index is 13.1. The third-order valence-electron chi connectivity index (χ3n) is 5.04. The second-order valence-corrected chi connectivity index (χ2v) is 7.02.